The largest absolute Gasteiger partial charge is 0.481 e. The molecular weight excluding hydrogens is 254 g/mol. The van der Waals surface area contributed by atoms with E-state index in [1.54, 1.807) is 25.1 Å². The van der Waals surface area contributed by atoms with Gasteiger partial charge in [-0.1, -0.05) is 12.1 Å². The van der Waals surface area contributed by atoms with Crippen LogP contribution in [0.2, 0.25) is 0 Å². The Labute approximate surface area is 107 Å². The van der Waals surface area contributed by atoms with Gasteiger partial charge in [-0.05, 0) is 30.5 Å². The van der Waals surface area contributed by atoms with Crippen molar-refractivity contribution in [2.45, 2.75) is 24.7 Å². The first-order valence-corrected chi connectivity index (χ1v) is 6.93. The number of carboxylic acids is 1. The van der Waals surface area contributed by atoms with Gasteiger partial charge >= 0.3 is 5.97 Å². The van der Waals surface area contributed by atoms with Crippen LogP contribution >= 0.6 is 0 Å². The summed E-state index contributed by atoms with van der Waals surface area (Å²) in [5.41, 5.74) is 1.37. The molecule has 1 N–H and O–H groups in total. The highest BCUT2D eigenvalue weighted by Gasteiger charge is 2.19. The van der Waals surface area contributed by atoms with Crippen LogP contribution in [0.25, 0.3) is 0 Å². The third-order valence-corrected chi connectivity index (χ3v) is 4.60. The SMILES string of the molecule is Cc1ccc(CCC(=O)O)cc1S(=O)(=O)N(C)C. The monoisotopic (exact) mass is 271 g/mol. The van der Waals surface area contributed by atoms with Crippen molar-refractivity contribution in [1.82, 2.24) is 4.31 Å². The Morgan fingerprint density at radius 1 is 1.33 bits per heavy atom. The third-order valence-electron chi connectivity index (χ3n) is 2.64. The molecule has 0 unspecified atom stereocenters. The topological polar surface area (TPSA) is 74.7 Å². The summed E-state index contributed by atoms with van der Waals surface area (Å²) in [6, 6.07) is 5.01. The first kappa shape index (κ1) is 14.7. The minimum Gasteiger partial charge on any atom is -0.481 e. The molecule has 0 aliphatic heterocycles. The van der Waals surface area contributed by atoms with E-state index >= 15 is 0 Å². The van der Waals surface area contributed by atoms with Crippen molar-refractivity contribution in [3.8, 4) is 0 Å². The van der Waals surface area contributed by atoms with E-state index in [0.717, 1.165) is 4.31 Å². The van der Waals surface area contributed by atoms with Crippen molar-refractivity contribution >= 4 is 16.0 Å². The second-order valence-electron chi connectivity index (χ2n) is 4.28. The van der Waals surface area contributed by atoms with Gasteiger partial charge in [0, 0.05) is 20.5 Å². The summed E-state index contributed by atoms with van der Waals surface area (Å²) < 4.78 is 25.3. The van der Waals surface area contributed by atoms with Crippen molar-refractivity contribution < 1.29 is 18.3 Å². The van der Waals surface area contributed by atoms with Gasteiger partial charge in [0.05, 0.1) is 4.90 Å². The maximum atomic E-state index is 12.1. The molecule has 0 heterocycles. The molecule has 1 aromatic carbocycles. The van der Waals surface area contributed by atoms with E-state index in [0.29, 0.717) is 17.5 Å². The zero-order valence-corrected chi connectivity index (χ0v) is 11.5. The van der Waals surface area contributed by atoms with E-state index in [9.17, 15) is 13.2 Å². The first-order chi connectivity index (χ1) is 8.25. The van der Waals surface area contributed by atoms with Gasteiger partial charge in [0.25, 0.3) is 0 Å². The molecular formula is C12H17NO4S. The molecule has 18 heavy (non-hydrogen) atoms. The van der Waals surface area contributed by atoms with E-state index in [2.05, 4.69) is 0 Å². The molecule has 1 rings (SSSR count). The standard InChI is InChI=1S/C12H17NO4S/c1-9-4-5-10(6-7-12(14)15)8-11(9)18(16,17)13(2)3/h4-5,8H,6-7H2,1-3H3,(H,14,15). The summed E-state index contributed by atoms with van der Waals surface area (Å²) in [7, 11) is -0.541. The number of nitrogens with zero attached hydrogens (tertiary/aromatic N) is 1. The minimum absolute atomic E-state index is 0.00941. The summed E-state index contributed by atoms with van der Waals surface area (Å²) in [4.78, 5) is 10.7. The van der Waals surface area contributed by atoms with Gasteiger partial charge in [-0.15, -0.1) is 0 Å². The van der Waals surface area contributed by atoms with Crippen LogP contribution in [0.5, 0.6) is 0 Å². The molecule has 0 amide bonds. The first-order valence-electron chi connectivity index (χ1n) is 5.49. The van der Waals surface area contributed by atoms with Crippen LogP contribution in [0.15, 0.2) is 23.1 Å². The van der Waals surface area contributed by atoms with Crippen molar-refractivity contribution in [3.05, 3.63) is 29.3 Å². The molecule has 0 radical (unpaired) electrons. The number of aryl methyl sites for hydroxylation is 2. The smallest absolute Gasteiger partial charge is 0.303 e. The van der Waals surface area contributed by atoms with E-state index in [4.69, 9.17) is 5.11 Å². The molecule has 0 spiro atoms. The Morgan fingerprint density at radius 3 is 2.44 bits per heavy atom. The molecule has 0 bridgehead atoms. The molecule has 0 fully saturated rings. The minimum atomic E-state index is -3.48. The lowest BCUT2D eigenvalue weighted by Gasteiger charge is -2.14. The molecule has 0 saturated carbocycles. The number of benzene rings is 1. The van der Waals surface area contributed by atoms with Crippen LogP contribution in [-0.4, -0.2) is 37.9 Å². The fourth-order valence-electron chi connectivity index (χ4n) is 1.53. The molecule has 0 aliphatic rings. The molecule has 100 valence electrons. The lowest BCUT2D eigenvalue weighted by molar-refractivity contribution is -0.136. The van der Waals surface area contributed by atoms with E-state index in [-0.39, 0.29) is 11.3 Å². The molecule has 0 aliphatic carbocycles. The number of rotatable bonds is 5. The van der Waals surface area contributed by atoms with Crippen LogP contribution in [-0.2, 0) is 21.2 Å². The summed E-state index contributed by atoms with van der Waals surface area (Å²) >= 11 is 0. The average molecular weight is 271 g/mol. The van der Waals surface area contributed by atoms with Gasteiger partial charge in [-0.2, -0.15) is 0 Å². The molecule has 5 nitrogen and oxygen atoms in total. The highest BCUT2D eigenvalue weighted by molar-refractivity contribution is 7.89. The van der Waals surface area contributed by atoms with Crippen LogP contribution in [0.3, 0.4) is 0 Å². The summed E-state index contributed by atoms with van der Waals surface area (Å²) in [6.07, 6.45) is 0.316. The lowest BCUT2D eigenvalue weighted by atomic mass is 10.1. The maximum Gasteiger partial charge on any atom is 0.303 e. The predicted molar refractivity (Wildman–Crippen MR) is 68.0 cm³/mol. The Morgan fingerprint density at radius 2 is 1.94 bits per heavy atom. The van der Waals surface area contributed by atoms with Crippen molar-refractivity contribution in [1.29, 1.82) is 0 Å². The van der Waals surface area contributed by atoms with Crippen LogP contribution in [0.4, 0.5) is 0 Å². The summed E-state index contributed by atoms with van der Waals surface area (Å²) in [5.74, 6) is -0.896. The molecule has 0 saturated heterocycles. The van der Waals surface area contributed by atoms with Gasteiger partial charge in [-0.3, -0.25) is 4.79 Å². The zero-order valence-electron chi connectivity index (χ0n) is 10.7. The summed E-state index contributed by atoms with van der Waals surface area (Å²) in [6.45, 7) is 1.72. The fourth-order valence-corrected chi connectivity index (χ4v) is 2.69. The fraction of sp³-hybridized carbons (Fsp3) is 0.417. The van der Waals surface area contributed by atoms with Gasteiger partial charge in [0.2, 0.25) is 10.0 Å². The number of carboxylic acid groups (broad SMARTS) is 1. The van der Waals surface area contributed by atoms with Gasteiger partial charge in [0.15, 0.2) is 0 Å². The number of hydrogen-bond donors (Lipinski definition) is 1. The van der Waals surface area contributed by atoms with Gasteiger partial charge in [0.1, 0.15) is 0 Å². The van der Waals surface area contributed by atoms with Crippen molar-refractivity contribution in [2.75, 3.05) is 14.1 Å². The lowest BCUT2D eigenvalue weighted by Crippen LogP contribution is -2.23. The van der Waals surface area contributed by atoms with E-state index in [1.807, 2.05) is 0 Å². The normalized spacial score (nSPS) is 11.8. The highest BCUT2D eigenvalue weighted by Crippen LogP contribution is 2.20. The maximum absolute atomic E-state index is 12.1. The highest BCUT2D eigenvalue weighted by atomic mass is 32.2. The van der Waals surface area contributed by atoms with E-state index < -0.39 is 16.0 Å². The summed E-state index contributed by atoms with van der Waals surface area (Å²) in [5, 5.41) is 8.62. The van der Waals surface area contributed by atoms with Gasteiger partial charge < -0.3 is 5.11 Å². The second-order valence-corrected chi connectivity index (χ2v) is 6.40. The van der Waals surface area contributed by atoms with Crippen LogP contribution in [0, 0.1) is 6.92 Å². The second kappa shape index (κ2) is 5.49. The van der Waals surface area contributed by atoms with E-state index in [1.165, 1.54) is 14.1 Å². The molecule has 1 aromatic rings. The van der Waals surface area contributed by atoms with Crippen LogP contribution < -0.4 is 0 Å². The zero-order chi connectivity index (χ0) is 13.9. The number of carbonyl (C=O) groups is 1. The molecule has 6 heteroatoms. The quantitative estimate of drug-likeness (QED) is 0.875. The number of sulfonamides is 1. The third kappa shape index (κ3) is 3.30. The Kier molecular flexibility index (Phi) is 4.48. The predicted octanol–water partition coefficient (Wildman–Crippen LogP) is 1.26. The van der Waals surface area contributed by atoms with Crippen LogP contribution in [0.1, 0.15) is 17.5 Å². The average Bonchev–Trinajstić information content (AvgIpc) is 2.27. The van der Waals surface area contributed by atoms with Crippen molar-refractivity contribution in [2.24, 2.45) is 0 Å². The number of hydrogen-bond acceptors (Lipinski definition) is 3. The Balaban J connectivity index is 3.13. The Hall–Kier alpha value is -1.40. The molecule has 0 atom stereocenters. The number of aliphatic carboxylic acids is 1. The molecule has 0 aromatic heterocycles. The van der Waals surface area contributed by atoms with Gasteiger partial charge in [-0.25, -0.2) is 12.7 Å². The Bertz CT molecular complexity index is 549. The van der Waals surface area contributed by atoms with Crippen molar-refractivity contribution in [3.63, 3.8) is 0 Å².